The van der Waals surface area contributed by atoms with Crippen LogP contribution in [0, 0.1) is 21.7 Å². The van der Waals surface area contributed by atoms with E-state index in [1.54, 1.807) is 19.6 Å². The molecule has 1 fully saturated rings. The van der Waals surface area contributed by atoms with Crippen LogP contribution in [0.25, 0.3) is 0 Å². The minimum absolute atomic E-state index is 0.0588. The molecule has 0 aromatic carbocycles. The summed E-state index contributed by atoms with van der Waals surface area (Å²) in [6.07, 6.45) is 1.80. The second kappa shape index (κ2) is 28.2. The van der Waals surface area contributed by atoms with Gasteiger partial charge in [0.1, 0.15) is 6.04 Å². The maximum atomic E-state index is 13.1. The number of nitrogens with one attached hydrogen (secondary N) is 3. The predicted octanol–water partition coefficient (Wildman–Crippen LogP) is 1.37. The SMILES string of the molecule is CCC(C)(C)COCC(C)(CC)CC(=O)NCC(=O)NCC(C)(C)COCC(C)(C)CNC(=O)CCC(C(=O)O)N1CCN(CC(=O)O)CCN(CC(=O)O)CCN(CC(=O)O)CC1. The number of carboxylic acid groups (broad SMARTS) is 4. The van der Waals surface area contributed by atoms with Crippen molar-refractivity contribution in [2.75, 3.05) is 118 Å². The zero-order valence-corrected chi connectivity index (χ0v) is 40.1. The number of hydrogen-bond acceptors (Lipinski definition) is 13. The molecule has 7 N–H and O–H groups in total. The second-order valence-corrected chi connectivity index (χ2v) is 19.9. The Morgan fingerprint density at radius 1 is 0.531 bits per heavy atom. The highest BCUT2D eigenvalue weighted by molar-refractivity contribution is 5.85. The molecule has 1 aliphatic rings. The number of carboxylic acids is 4. The molecule has 1 rings (SSSR count). The molecule has 1 aliphatic heterocycles. The molecule has 20 heteroatoms. The smallest absolute Gasteiger partial charge is 0.320 e. The largest absolute Gasteiger partial charge is 0.480 e. The molecule has 0 saturated carbocycles. The van der Waals surface area contributed by atoms with Crippen LogP contribution in [0.1, 0.15) is 94.4 Å². The zero-order chi connectivity index (χ0) is 48.7. The average Bonchev–Trinajstić information content (AvgIpc) is 3.18. The average molecular weight is 916 g/mol. The fraction of sp³-hybridized carbons (Fsp3) is 0.841. The van der Waals surface area contributed by atoms with Crippen LogP contribution in [0.5, 0.6) is 0 Å². The van der Waals surface area contributed by atoms with Gasteiger partial charge < -0.3 is 45.9 Å². The fourth-order valence-corrected chi connectivity index (χ4v) is 6.76. The van der Waals surface area contributed by atoms with Gasteiger partial charge in [-0.25, -0.2) is 0 Å². The molecule has 64 heavy (non-hydrogen) atoms. The van der Waals surface area contributed by atoms with Crippen LogP contribution >= 0.6 is 0 Å². The van der Waals surface area contributed by atoms with Gasteiger partial charge in [-0.05, 0) is 30.1 Å². The molecule has 1 saturated heterocycles. The maximum Gasteiger partial charge on any atom is 0.320 e. The highest BCUT2D eigenvalue weighted by Gasteiger charge is 2.31. The lowest BCUT2D eigenvalue weighted by Gasteiger charge is -2.35. The molecule has 0 aromatic rings. The van der Waals surface area contributed by atoms with Gasteiger partial charge in [0.15, 0.2) is 0 Å². The van der Waals surface area contributed by atoms with Crippen LogP contribution < -0.4 is 16.0 Å². The van der Waals surface area contributed by atoms with Gasteiger partial charge in [0.2, 0.25) is 17.7 Å². The molecule has 0 aromatic heterocycles. The molecular weight excluding hydrogens is 835 g/mol. The molecule has 0 aliphatic carbocycles. The number of aliphatic carboxylic acids is 4. The van der Waals surface area contributed by atoms with Crippen molar-refractivity contribution in [2.45, 2.75) is 100 Å². The van der Waals surface area contributed by atoms with Gasteiger partial charge in [0.25, 0.3) is 0 Å². The van der Waals surface area contributed by atoms with E-state index in [0.29, 0.717) is 26.4 Å². The summed E-state index contributed by atoms with van der Waals surface area (Å²) in [7, 11) is 0. The van der Waals surface area contributed by atoms with Crippen LogP contribution in [0.2, 0.25) is 0 Å². The third kappa shape index (κ3) is 26.1. The lowest BCUT2D eigenvalue weighted by molar-refractivity contribution is -0.145. The van der Waals surface area contributed by atoms with Crippen LogP contribution in [-0.4, -0.2) is 206 Å². The number of rotatable bonds is 29. The Kier molecular flexibility index (Phi) is 25.6. The number of amides is 3. The van der Waals surface area contributed by atoms with Crippen LogP contribution in [0.4, 0.5) is 0 Å². The zero-order valence-electron chi connectivity index (χ0n) is 40.1. The first-order chi connectivity index (χ1) is 29.7. The van der Waals surface area contributed by atoms with Gasteiger partial charge in [-0.2, -0.15) is 0 Å². The topological polar surface area (TPSA) is 268 Å². The quantitative estimate of drug-likeness (QED) is 0.0559. The summed E-state index contributed by atoms with van der Waals surface area (Å²) in [4.78, 5) is 92.3. The summed E-state index contributed by atoms with van der Waals surface area (Å²) in [6, 6.07) is -1.13. The lowest BCUT2D eigenvalue weighted by Crippen LogP contribution is -2.52. The molecular formula is C44H81N7O13. The normalized spacial score (nSPS) is 17.3. The first kappa shape index (κ1) is 58.1. The van der Waals surface area contributed by atoms with E-state index >= 15 is 0 Å². The van der Waals surface area contributed by atoms with Crippen molar-refractivity contribution < 1.29 is 63.5 Å². The summed E-state index contributed by atoms with van der Waals surface area (Å²) < 4.78 is 12.0. The third-order valence-electron chi connectivity index (χ3n) is 11.6. The molecule has 2 unspecified atom stereocenters. The van der Waals surface area contributed by atoms with Gasteiger partial charge in [-0.1, -0.05) is 62.3 Å². The Morgan fingerprint density at radius 3 is 1.34 bits per heavy atom. The monoisotopic (exact) mass is 916 g/mol. The number of hydrogen-bond donors (Lipinski definition) is 7. The summed E-state index contributed by atoms with van der Waals surface area (Å²) >= 11 is 0. The van der Waals surface area contributed by atoms with E-state index < -0.39 is 40.7 Å². The number of carbonyl (C=O) groups excluding carboxylic acids is 3. The minimum Gasteiger partial charge on any atom is -0.480 e. The third-order valence-corrected chi connectivity index (χ3v) is 11.6. The summed E-state index contributed by atoms with van der Waals surface area (Å²) in [5.41, 5.74) is -1.24. The second-order valence-electron chi connectivity index (χ2n) is 19.9. The maximum absolute atomic E-state index is 13.1. The molecule has 2 atom stereocenters. The Balaban J connectivity index is 2.70. The van der Waals surface area contributed by atoms with Crippen molar-refractivity contribution in [1.29, 1.82) is 0 Å². The van der Waals surface area contributed by atoms with Crippen molar-refractivity contribution in [3.63, 3.8) is 0 Å². The van der Waals surface area contributed by atoms with Gasteiger partial charge in [-0.15, -0.1) is 0 Å². The van der Waals surface area contributed by atoms with Gasteiger partial charge >= 0.3 is 23.9 Å². The number of ether oxygens (including phenoxy) is 2. The van der Waals surface area contributed by atoms with Crippen LogP contribution in [0.15, 0.2) is 0 Å². The predicted molar refractivity (Wildman–Crippen MR) is 240 cm³/mol. The van der Waals surface area contributed by atoms with Gasteiger partial charge in [-0.3, -0.25) is 53.2 Å². The first-order valence-corrected chi connectivity index (χ1v) is 22.4. The molecule has 0 spiro atoms. The lowest BCUT2D eigenvalue weighted by atomic mass is 9.84. The van der Waals surface area contributed by atoms with E-state index in [4.69, 9.17) is 9.47 Å². The van der Waals surface area contributed by atoms with Crippen molar-refractivity contribution >= 4 is 41.6 Å². The molecule has 20 nitrogen and oxygen atoms in total. The number of carbonyl (C=O) groups is 7. The van der Waals surface area contributed by atoms with Crippen LogP contribution in [0.3, 0.4) is 0 Å². The molecule has 370 valence electrons. The Hall–Kier alpha value is -3.95. The van der Waals surface area contributed by atoms with Crippen molar-refractivity contribution in [3.8, 4) is 0 Å². The summed E-state index contributed by atoms with van der Waals surface area (Å²) in [5.74, 6) is -5.34. The highest BCUT2D eigenvalue weighted by atomic mass is 16.5. The molecule has 0 radical (unpaired) electrons. The van der Waals surface area contributed by atoms with E-state index in [1.807, 2.05) is 41.5 Å². The Bertz CT molecular complexity index is 1480. The van der Waals surface area contributed by atoms with Gasteiger partial charge in [0, 0.05) is 89.1 Å². The fourth-order valence-electron chi connectivity index (χ4n) is 6.76. The Morgan fingerprint density at radius 2 is 0.938 bits per heavy atom. The van der Waals surface area contributed by atoms with Gasteiger partial charge in [0.05, 0.1) is 52.6 Å². The number of nitrogens with zero attached hydrogens (tertiary/aromatic N) is 4. The Labute approximate surface area is 380 Å². The standard InChI is InChI=1S/C44H81N7O13/c1-10-41(3,4)29-64-32-44(9,11-2)22-35(53)45-23-36(54)47-28-43(7,8)31-63-30-42(5,6)27-46-34(52)13-12-33(40(61)62)51-20-18-49(25-38(57)58)16-14-48(24-37(55)56)15-17-50(19-21-51)26-39(59)60/h33H,10-32H2,1-9H3,(H,45,53)(H,46,52)(H,47,54)(H,55,56)(H,57,58)(H,59,60)(H,61,62). The van der Waals surface area contributed by atoms with Crippen molar-refractivity contribution in [2.24, 2.45) is 21.7 Å². The molecule has 3 amide bonds. The molecule has 0 bridgehead atoms. The highest BCUT2D eigenvalue weighted by Crippen LogP contribution is 2.28. The van der Waals surface area contributed by atoms with E-state index in [9.17, 15) is 54.0 Å². The van der Waals surface area contributed by atoms with Crippen molar-refractivity contribution in [1.82, 2.24) is 35.6 Å². The molecule has 1 heterocycles. The van der Waals surface area contributed by atoms with E-state index in [1.165, 1.54) is 0 Å². The summed E-state index contributed by atoms with van der Waals surface area (Å²) in [5, 5.41) is 47.2. The van der Waals surface area contributed by atoms with Crippen molar-refractivity contribution in [3.05, 3.63) is 0 Å². The summed E-state index contributed by atoms with van der Waals surface area (Å²) in [6.45, 7) is 20.5. The van der Waals surface area contributed by atoms with Crippen LogP contribution in [-0.2, 0) is 43.0 Å². The van der Waals surface area contributed by atoms with E-state index in [2.05, 4.69) is 36.7 Å². The van der Waals surface area contributed by atoms with E-state index in [0.717, 1.165) is 12.8 Å². The first-order valence-electron chi connectivity index (χ1n) is 22.4. The minimum atomic E-state index is -1.18. The van der Waals surface area contributed by atoms with E-state index in [-0.39, 0.29) is 140 Å².